The van der Waals surface area contributed by atoms with E-state index in [0.29, 0.717) is 51.4 Å². The van der Waals surface area contributed by atoms with E-state index in [2.05, 4.69) is 4.99 Å². The first-order valence-electron chi connectivity index (χ1n) is 10.6. The summed E-state index contributed by atoms with van der Waals surface area (Å²) >= 11 is 0. The fourth-order valence-corrected chi connectivity index (χ4v) is 3.99. The van der Waals surface area contributed by atoms with Crippen molar-refractivity contribution >= 4 is 12.1 Å². The van der Waals surface area contributed by atoms with Crippen molar-refractivity contribution in [2.24, 2.45) is 4.99 Å². The molecule has 3 aromatic rings. The molecule has 1 amide bonds. The molecule has 0 aliphatic carbocycles. The first-order valence-corrected chi connectivity index (χ1v) is 10.6. The monoisotopic (exact) mass is 449 g/mol. The van der Waals surface area contributed by atoms with Gasteiger partial charge in [0, 0.05) is 30.0 Å². The van der Waals surface area contributed by atoms with Gasteiger partial charge in [-0.1, -0.05) is 12.1 Å². The number of pyridine rings is 1. The van der Waals surface area contributed by atoms with Gasteiger partial charge in [-0.3, -0.25) is 9.79 Å². The third-order valence-corrected chi connectivity index (χ3v) is 5.60. The van der Waals surface area contributed by atoms with Crippen LogP contribution in [-0.2, 0) is 19.7 Å². The van der Waals surface area contributed by atoms with Crippen molar-refractivity contribution in [2.45, 2.75) is 26.6 Å². The molecule has 0 atom stereocenters. The lowest BCUT2D eigenvalue weighted by molar-refractivity contribution is -0.617. The number of nitrogens with zero attached hydrogens (tertiary/aromatic N) is 3. The molecule has 1 aliphatic rings. The van der Waals surface area contributed by atoms with Gasteiger partial charge in [-0.25, -0.2) is 4.39 Å². The Bertz CT molecular complexity index is 1240. The maximum atomic E-state index is 13.7. The molecule has 1 aliphatic heterocycles. The van der Waals surface area contributed by atoms with Crippen LogP contribution in [0.25, 0.3) is 11.1 Å². The van der Waals surface area contributed by atoms with Gasteiger partial charge in [0.1, 0.15) is 18.2 Å². The molecule has 2 aromatic carbocycles. The zero-order chi connectivity index (χ0) is 23.5. The largest absolute Gasteiger partial charge is 0.618 e. The van der Waals surface area contributed by atoms with E-state index in [9.17, 15) is 19.5 Å². The zero-order valence-electron chi connectivity index (χ0n) is 18.4. The Morgan fingerprint density at radius 1 is 1.30 bits per heavy atom. The van der Waals surface area contributed by atoms with Gasteiger partial charge in [0.15, 0.2) is 6.20 Å². The molecule has 1 N–H and O–H groups in total. The molecule has 0 fully saturated rings. The number of hydrogen-bond acceptors (Lipinski definition) is 5. The van der Waals surface area contributed by atoms with E-state index in [-0.39, 0.29) is 30.6 Å². The van der Waals surface area contributed by atoms with Crippen LogP contribution >= 0.6 is 0 Å². The molecular weight excluding hydrogens is 425 g/mol. The molecule has 0 radical (unpaired) electrons. The second-order valence-electron chi connectivity index (χ2n) is 7.76. The van der Waals surface area contributed by atoms with Crippen molar-refractivity contribution in [1.82, 2.24) is 4.90 Å². The number of benzene rings is 2. The van der Waals surface area contributed by atoms with Crippen LogP contribution in [0.3, 0.4) is 0 Å². The van der Waals surface area contributed by atoms with Gasteiger partial charge in [0.25, 0.3) is 5.91 Å². The lowest BCUT2D eigenvalue weighted by Gasteiger charge is -2.20. The zero-order valence-corrected chi connectivity index (χ0v) is 18.4. The maximum Gasteiger partial charge on any atom is 0.254 e. The van der Waals surface area contributed by atoms with E-state index in [0.717, 1.165) is 5.56 Å². The SMILES string of the molecule is CCOc1cc(C(=O)N(C)Cc2c[n+]([O-])c(CO)c3c2CN=C3)ccc1-c1cccc(F)c1. The highest BCUT2D eigenvalue weighted by molar-refractivity contribution is 5.95. The molecule has 7 nitrogen and oxygen atoms in total. The van der Waals surface area contributed by atoms with E-state index in [1.54, 1.807) is 43.6 Å². The number of rotatable bonds is 7. The van der Waals surface area contributed by atoms with Crippen LogP contribution in [0.1, 0.15) is 39.7 Å². The molecule has 33 heavy (non-hydrogen) atoms. The van der Waals surface area contributed by atoms with Gasteiger partial charge in [-0.15, -0.1) is 0 Å². The Kier molecular flexibility index (Phi) is 6.37. The van der Waals surface area contributed by atoms with Crippen LogP contribution in [0, 0.1) is 11.0 Å². The summed E-state index contributed by atoms with van der Waals surface area (Å²) < 4.78 is 20.1. The predicted octanol–water partition coefficient (Wildman–Crippen LogP) is 3.22. The van der Waals surface area contributed by atoms with E-state index >= 15 is 0 Å². The quantitative estimate of drug-likeness (QED) is 0.443. The molecule has 8 heteroatoms. The van der Waals surface area contributed by atoms with Crippen LogP contribution in [0.5, 0.6) is 5.75 Å². The molecule has 0 bridgehead atoms. The number of hydrogen-bond donors (Lipinski definition) is 1. The van der Waals surface area contributed by atoms with Gasteiger partial charge in [-0.2, -0.15) is 4.73 Å². The minimum atomic E-state index is -0.384. The van der Waals surface area contributed by atoms with Gasteiger partial charge in [0.05, 0.1) is 25.3 Å². The molecule has 4 rings (SSSR count). The fraction of sp³-hybridized carbons (Fsp3) is 0.240. The van der Waals surface area contributed by atoms with Crippen molar-refractivity contribution in [3.63, 3.8) is 0 Å². The second-order valence-corrected chi connectivity index (χ2v) is 7.76. The van der Waals surface area contributed by atoms with Gasteiger partial charge < -0.3 is 20.0 Å². The summed E-state index contributed by atoms with van der Waals surface area (Å²) in [5.41, 5.74) is 4.13. The summed E-state index contributed by atoms with van der Waals surface area (Å²) in [5.74, 6) is -0.117. The summed E-state index contributed by atoms with van der Waals surface area (Å²) in [5, 5.41) is 21.8. The Morgan fingerprint density at radius 2 is 2.12 bits per heavy atom. The molecule has 0 saturated carbocycles. The molecule has 0 spiro atoms. The minimum absolute atomic E-state index is 0.202. The van der Waals surface area contributed by atoms with Gasteiger partial charge in [0.2, 0.25) is 5.69 Å². The number of aliphatic hydroxyl groups is 1. The number of aliphatic hydroxyl groups excluding tert-OH is 1. The maximum absolute atomic E-state index is 13.7. The first-order chi connectivity index (χ1) is 15.9. The number of halogens is 1. The minimum Gasteiger partial charge on any atom is -0.618 e. The molecular formula is C25H24FN3O4. The predicted molar refractivity (Wildman–Crippen MR) is 121 cm³/mol. The Labute approximate surface area is 191 Å². The molecule has 0 unspecified atom stereocenters. The lowest BCUT2D eigenvalue weighted by atomic mass is 10.0. The van der Waals surface area contributed by atoms with E-state index in [1.165, 1.54) is 23.2 Å². The van der Waals surface area contributed by atoms with Gasteiger partial charge >= 0.3 is 0 Å². The van der Waals surface area contributed by atoms with Crippen LogP contribution in [0.15, 0.2) is 53.7 Å². The van der Waals surface area contributed by atoms with Crippen molar-refractivity contribution < 1.29 is 23.8 Å². The van der Waals surface area contributed by atoms with Crippen LogP contribution in [0.2, 0.25) is 0 Å². The number of aromatic nitrogens is 1. The lowest BCUT2D eigenvalue weighted by Crippen LogP contribution is -2.36. The molecule has 2 heterocycles. The normalized spacial score (nSPS) is 12.0. The van der Waals surface area contributed by atoms with E-state index in [1.807, 2.05) is 6.92 Å². The van der Waals surface area contributed by atoms with Crippen LogP contribution in [0.4, 0.5) is 4.39 Å². The summed E-state index contributed by atoms with van der Waals surface area (Å²) in [6.07, 6.45) is 2.97. The fourth-order valence-electron chi connectivity index (χ4n) is 3.99. The third kappa shape index (κ3) is 4.42. The summed E-state index contributed by atoms with van der Waals surface area (Å²) in [4.78, 5) is 18.9. The number of carbonyl (C=O) groups excluding carboxylic acids is 1. The summed E-state index contributed by atoms with van der Waals surface area (Å²) in [6.45, 7) is 2.45. The van der Waals surface area contributed by atoms with E-state index < -0.39 is 0 Å². The highest BCUT2D eigenvalue weighted by Crippen LogP contribution is 2.32. The smallest absolute Gasteiger partial charge is 0.254 e. The van der Waals surface area contributed by atoms with E-state index in [4.69, 9.17) is 4.74 Å². The van der Waals surface area contributed by atoms with Crippen LogP contribution < -0.4 is 9.47 Å². The van der Waals surface area contributed by atoms with Crippen molar-refractivity contribution in [3.8, 4) is 16.9 Å². The topological polar surface area (TPSA) is 89.1 Å². The Balaban J connectivity index is 1.61. The summed E-state index contributed by atoms with van der Waals surface area (Å²) in [6, 6.07) is 11.3. The number of ether oxygens (including phenoxy) is 1. The average molecular weight is 449 g/mol. The number of aliphatic imine (C=N–C) groups is 1. The Morgan fingerprint density at radius 3 is 2.85 bits per heavy atom. The highest BCUT2D eigenvalue weighted by atomic mass is 19.1. The van der Waals surface area contributed by atoms with Gasteiger partial charge in [-0.05, 0) is 48.4 Å². The molecule has 0 saturated heterocycles. The van der Waals surface area contributed by atoms with Crippen LogP contribution in [-0.4, -0.2) is 35.8 Å². The molecule has 1 aromatic heterocycles. The highest BCUT2D eigenvalue weighted by Gasteiger charge is 2.25. The van der Waals surface area contributed by atoms with Crippen molar-refractivity contribution in [1.29, 1.82) is 0 Å². The van der Waals surface area contributed by atoms with Crippen molar-refractivity contribution in [2.75, 3.05) is 13.7 Å². The molecule has 170 valence electrons. The first kappa shape index (κ1) is 22.4. The number of carbonyl (C=O) groups is 1. The number of amides is 1. The number of fused-ring (bicyclic) bond motifs is 1. The third-order valence-electron chi connectivity index (χ3n) is 5.60. The Hall–Kier alpha value is -3.78. The average Bonchev–Trinajstić information content (AvgIpc) is 3.29. The second kappa shape index (κ2) is 9.38. The standard InChI is InChI=1S/C25H24FN3O4/c1-3-33-24-10-17(7-8-20(24)16-5-4-6-19(26)9-16)25(31)28(2)13-18-14-29(32)23(15-30)22-12-27-11-21(18)22/h4-10,12,14,30H,3,11,13,15H2,1-2H3. The van der Waals surface area contributed by atoms with Crippen molar-refractivity contribution in [3.05, 3.63) is 87.6 Å². The summed E-state index contributed by atoms with van der Waals surface area (Å²) in [7, 11) is 1.65.